The Morgan fingerprint density at radius 3 is 2.80 bits per heavy atom. The first kappa shape index (κ1) is 16.0. The third-order valence-corrected chi connectivity index (χ3v) is 4.66. The van der Waals surface area contributed by atoms with Crippen LogP contribution in [0.2, 0.25) is 0 Å². The van der Waals surface area contributed by atoms with Crippen molar-refractivity contribution in [2.24, 2.45) is 0 Å². The molecule has 0 amide bonds. The highest BCUT2D eigenvalue weighted by molar-refractivity contribution is 5.85. The predicted octanol–water partition coefficient (Wildman–Crippen LogP) is 2.15. The Hall–Kier alpha value is -2.51. The fourth-order valence-corrected chi connectivity index (χ4v) is 3.23. The van der Waals surface area contributed by atoms with Crippen LogP contribution in [0.3, 0.4) is 0 Å². The summed E-state index contributed by atoms with van der Waals surface area (Å²) in [4.78, 5) is 11.0. The summed E-state index contributed by atoms with van der Waals surface area (Å²) in [6.45, 7) is 6.31. The number of aromatic nitrogens is 4. The van der Waals surface area contributed by atoms with Gasteiger partial charge in [-0.1, -0.05) is 29.8 Å². The molecule has 7 heteroatoms. The topological polar surface area (TPSA) is 79.0 Å². The van der Waals surface area contributed by atoms with Gasteiger partial charge in [-0.2, -0.15) is 5.10 Å². The summed E-state index contributed by atoms with van der Waals surface area (Å²) < 4.78 is 5.52. The van der Waals surface area contributed by atoms with Crippen molar-refractivity contribution in [1.29, 1.82) is 0 Å². The number of rotatable bonds is 5. The van der Waals surface area contributed by atoms with Crippen molar-refractivity contribution in [2.75, 3.05) is 38.2 Å². The van der Waals surface area contributed by atoms with E-state index in [9.17, 15) is 0 Å². The lowest BCUT2D eigenvalue weighted by atomic mass is 10.0. The molecule has 2 aromatic heterocycles. The van der Waals surface area contributed by atoms with E-state index in [-0.39, 0.29) is 6.04 Å². The van der Waals surface area contributed by atoms with Gasteiger partial charge in [0.2, 0.25) is 0 Å². The summed E-state index contributed by atoms with van der Waals surface area (Å²) in [6, 6.07) is 9.03. The first-order valence-corrected chi connectivity index (χ1v) is 8.57. The fraction of sp³-hybridized carbons (Fsp3) is 0.389. The summed E-state index contributed by atoms with van der Waals surface area (Å²) in [5, 5.41) is 11.3. The Morgan fingerprint density at radius 2 is 2.00 bits per heavy atom. The number of nitrogens with zero attached hydrogens (tertiary/aromatic N) is 4. The zero-order valence-electron chi connectivity index (χ0n) is 14.3. The Balaban J connectivity index is 1.57. The lowest BCUT2D eigenvalue weighted by Crippen LogP contribution is -2.41. The third kappa shape index (κ3) is 3.47. The highest BCUT2D eigenvalue weighted by atomic mass is 16.5. The average Bonchev–Trinajstić information content (AvgIpc) is 3.14. The monoisotopic (exact) mass is 338 g/mol. The van der Waals surface area contributed by atoms with Gasteiger partial charge in [0, 0.05) is 19.6 Å². The third-order valence-electron chi connectivity index (χ3n) is 4.66. The van der Waals surface area contributed by atoms with Crippen LogP contribution < -0.4 is 5.32 Å². The van der Waals surface area contributed by atoms with Gasteiger partial charge in [-0.3, -0.25) is 10.00 Å². The molecule has 3 aromatic rings. The van der Waals surface area contributed by atoms with Gasteiger partial charge in [0.15, 0.2) is 5.65 Å². The fourth-order valence-electron chi connectivity index (χ4n) is 3.23. The molecule has 130 valence electrons. The minimum Gasteiger partial charge on any atom is -0.379 e. The van der Waals surface area contributed by atoms with E-state index in [1.54, 1.807) is 12.5 Å². The molecule has 1 saturated heterocycles. The molecule has 4 rings (SSSR count). The minimum atomic E-state index is 0.265. The second-order valence-electron chi connectivity index (χ2n) is 6.31. The van der Waals surface area contributed by atoms with Crippen molar-refractivity contribution >= 4 is 16.9 Å². The lowest BCUT2D eigenvalue weighted by Gasteiger charge is -2.35. The van der Waals surface area contributed by atoms with Crippen LogP contribution in [-0.2, 0) is 4.74 Å². The number of aromatic amines is 1. The van der Waals surface area contributed by atoms with Gasteiger partial charge in [0.1, 0.15) is 12.1 Å². The molecule has 3 heterocycles. The first-order chi connectivity index (χ1) is 12.3. The van der Waals surface area contributed by atoms with E-state index in [0.717, 1.165) is 49.7 Å². The summed E-state index contributed by atoms with van der Waals surface area (Å²) in [5.74, 6) is 0.809. The number of ether oxygens (including phenoxy) is 1. The number of fused-ring (bicyclic) bond motifs is 1. The van der Waals surface area contributed by atoms with E-state index < -0.39 is 0 Å². The highest BCUT2D eigenvalue weighted by Gasteiger charge is 2.23. The van der Waals surface area contributed by atoms with Crippen LogP contribution in [0.15, 0.2) is 36.8 Å². The highest BCUT2D eigenvalue weighted by Crippen LogP contribution is 2.24. The van der Waals surface area contributed by atoms with Crippen molar-refractivity contribution in [2.45, 2.75) is 13.0 Å². The largest absolute Gasteiger partial charge is 0.379 e. The van der Waals surface area contributed by atoms with E-state index in [2.05, 4.69) is 61.6 Å². The van der Waals surface area contributed by atoms with Crippen molar-refractivity contribution in [3.63, 3.8) is 0 Å². The van der Waals surface area contributed by atoms with Crippen LogP contribution in [0.1, 0.15) is 17.2 Å². The maximum Gasteiger partial charge on any atom is 0.160 e. The SMILES string of the molecule is Cc1ccc([C@@H](CNc2ncnc3[nH]ncc23)N2CCOCC2)cc1. The maximum absolute atomic E-state index is 5.52. The van der Waals surface area contributed by atoms with Crippen molar-refractivity contribution in [3.05, 3.63) is 47.9 Å². The van der Waals surface area contributed by atoms with E-state index in [4.69, 9.17) is 4.74 Å². The predicted molar refractivity (Wildman–Crippen MR) is 96.5 cm³/mol. The van der Waals surface area contributed by atoms with E-state index in [0.29, 0.717) is 0 Å². The molecule has 1 aromatic carbocycles. The molecule has 0 spiro atoms. The standard InChI is InChI=1S/C18H22N6O/c1-13-2-4-14(5-3-13)16(24-6-8-25-9-7-24)11-19-17-15-10-22-23-18(15)21-12-20-17/h2-5,10,12,16H,6-9,11H2,1H3,(H2,19,20,21,22,23)/t16-/m1/s1. The molecule has 1 fully saturated rings. The molecule has 0 radical (unpaired) electrons. The maximum atomic E-state index is 5.52. The minimum absolute atomic E-state index is 0.265. The van der Waals surface area contributed by atoms with Crippen molar-refractivity contribution in [3.8, 4) is 0 Å². The van der Waals surface area contributed by atoms with Crippen LogP contribution in [0.25, 0.3) is 11.0 Å². The normalized spacial score (nSPS) is 16.8. The van der Waals surface area contributed by atoms with Crippen molar-refractivity contribution < 1.29 is 4.74 Å². The Labute approximate surface area is 146 Å². The zero-order valence-corrected chi connectivity index (χ0v) is 14.3. The van der Waals surface area contributed by atoms with Crippen LogP contribution in [-0.4, -0.2) is 57.9 Å². The molecular weight excluding hydrogens is 316 g/mol. The van der Waals surface area contributed by atoms with Gasteiger partial charge in [-0.15, -0.1) is 0 Å². The smallest absolute Gasteiger partial charge is 0.160 e. The number of morpholine rings is 1. The number of nitrogens with one attached hydrogen (secondary N) is 2. The van der Waals surface area contributed by atoms with E-state index in [1.165, 1.54) is 11.1 Å². The van der Waals surface area contributed by atoms with E-state index in [1.807, 2.05) is 0 Å². The molecule has 1 aliphatic heterocycles. The Bertz CT molecular complexity index is 825. The van der Waals surface area contributed by atoms with Gasteiger partial charge in [-0.25, -0.2) is 9.97 Å². The second-order valence-corrected chi connectivity index (χ2v) is 6.31. The molecule has 2 N–H and O–H groups in total. The molecule has 7 nitrogen and oxygen atoms in total. The van der Waals surface area contributed by atoms with Crippen LogP contribution >= 0.6 is 0 Å². The molecule has 0 unspecified atom stereocenters. The second kappa shape index (κ2) is 7.16. The average molecular weight is 338 g/mol. The number of aryl methyl sites for hydroxylation is 1. The van der Waals surface area contributed by atoms with Gasteiger partial charge in [0.25, 0.3) is 0 Å². The number of hydrogen-bond acceptors (Lipinski definition) is 6. The van der Waals surface area contributed by atoms with Gasteiger partial charge >= 0.3 is 0 Å². The quantitative estimate of drug-likeness (QED) is 0.742. The summed E-state index contributed by atoms with van der Waals surface area (Å²) in [7, 11) is 0. The summed E-state index contributed by atoms with van der Waals surface area (Å²) in [5.41, 5.74) is 3.32. The van der Waals surface area contributed by atoms with Crippen molar-refractivity contribution in [1.82, 2.24) is 25.1 Å². The molecule has 0 aliphatic carbocycles. The lowest BCUT2D eigenvalue weighted by molar-refractivity contribution is 0.0187. The summed E-state index contributed by atoms with van der Waals surface area (Å²) in [6.07, 6.45) is 3.31. The number of hydrogen-bond donors (Lipinski definition) is 2. The van der Waals surface area contributed by atoms with Crippen LogP contribution in [0.4, 0.5) is 5.82 Å². The first-order valence-electron chi connectivity index (χ1n) is 8.57. The van der Waals surface area contributed by atoms with Gasteiger partial charge < -0.3 is 10.1 Å². The molecular formula is C18H22N6O. The molecule has 0 saturated carbocycles. The Kier molecular flexibility index (Phi) is 4.58. The van der Waals surface area contributed by atoms with E-state index >= 15 is 0 Å². The van der Waals surface area contributed by atoms with Gasteiger partial charge in [-0.05, 0) is 12.5 Å². The molecule has 0 bridgehead atoms. The number of benzene rings is 1. The van der Waals surface area contributed by atoms with Gasteiger partial charge in [0.05, 0.1) is 30.8 Å². The molecule has 1 aliphatic rings. The van der Waals surface area contributed by atoms with Crippen LogP contribution in [0, 0.1) is 6.92 Å². The number of anilines is 1. The Morgan fingerprint density at radius 1 is 1.20 bits per heavy atom. The molecule has 25 heavy (non-hydrogen) atoms. The molecule has 1 atom stereocenters. The van der Waals surface area contributed by atoms with Crippen LogP contribution in [0.5, 0.6) is 0 Å². The zero-order chi connectivity index (χ0) is 17.1. The number of H-pyrrole nitrogens is 1. The summed E-state index contributed by atoms with van der Waals surface area (Å²) >= 11 is 0.